The van der Waals surface area contributed by atoms with Gasteiger partial charge in [-0.2, -0.15) is 5.10 Å². The number of rotatable bonds is 5. The number of aromatic amines is 1. The lowest BCUT2D eigenvalue weighted by atomic mass is 9.81. The number of benzene rings is 2. The van der Waals surface area contributed by atoms with Crippen LogP contribution in [0.5, 0.6) is 11.5 Å². The molecule has 0 radical (unpaired) electrons. The number of halogens is 3. The molecule has 3 atom stereocenters. The Morgan fingerprint density at radius 1 is 1.12 bits per heavy atom. The van der Waals surface area contributed by atoms with Crippen LogP contribution in [0.2, 0.25) is 10.0 Å². The van der Waals surface area contributed by atoms with Gasteiger partial charge in [0.15, 0.2) is 0 Å². The molecule has 5 nitrogen and oxygen atoms in total. The van der Waals surface area contributed by atoms with Crippen LogP contribution in [-0.2, 0) is 24.1 Å². The third-order valence-electron chi connectivity index (χ3n) is 6.48. The van der Waals surface area contributed by atoms with Gasteiger partial charge in [0.1, 0.15) is 17.3 Å². The van der Waals surface area contributed by atoms with E-state index in [1.165, 1.54) is 35.5 Å². The lowest BCUT2D eigenvalue weighted by Crippen LogP contribution is -2.35. The van der Waals surface area contributed by atoms with Crippen molar-refractivity contribution in [1.29, 1.82) is 0 Å². The zero-order chi connectivity index (χ0) is 22.2. The fourth-order valence-electron chi connectivity index (χ4n) is 4.77. The molecular weight excluding hydrogens is 452 g/mol. The zero-order valence-electron chi connectivity index (χ0n) is 17.2. The van der Waals surface area contributed by atoms with Crippen molar-refractivity contribution in [2.24, 2.45) is 11.8 Å². The van der Waals surface area contributed by atoms with E-state index in [-0.39, 0.29) is 23.7 Å². The van der Waals surface area contributed by atoms with Gasteiger partial charge in [-0.3, -0.25) is 9.89 Å². The number of nitrogens with zero attached hydrogens (tertiary/aromatic N) is 1. The van der Waals surface area contributed by atoms with Crippen molar-refractivity contribution in [3.05, 3.63) is 75.3 Å². The van der Waals surface area contributed by atoms with E-state index in [2.05, 4.69) is 15.5 Å². The fraction of sp³-hybridized carbons (Fsp3) is 0.333. The van der Waals surface area contributed by atoms with Gasteiger partial charge in [-0.15, -0.1) is 0 Å². The lowest BCUT2D eigenvalue weighted by molar-refractivity contribution is -0.122. The minimum absolute atomic E-state index is 0.0479. The van der Waals surface area contributed by atoms with Gasteiger partial charge in [0.2, 0.25) is 5.91 Å². The second-order valence-electron chi connectivity index (χ2n) is 8.55. The Balaban J connectivity index is 1.26. The quantitative estimate of drug-likeness (QED) is 0.513. The van der Waals surface area contributed by atoms with E-state index in [1.54, 1.807) is 12.1 Å². The van der Waals surface area contributed by atoms with E-state index >= 15 is 0 Å². The molecule has 1 aliphatic heterocycles. The van der Waals surface area contributed by atoms with E-state index in [4.69, 9.17) is 27.9 Å². The number of amides is 1. The topological polar surface area (TPSA) is 67.0 Å². The molecule has 0 spiro atoms. The molecule has 2 aliphatic rings. The molecule has 1 unspecified atom stereocenters. The summed E-state index contributed by atoms with van der Waals surface area (Å²) in [6.07, 6.45) is 6.05. The van der Waals surface area contributed by atoms with Crippen molar-refractivity contribution < 1.29 is 13.9 Å². The molecule has 1 fully saturated rings. The maximum atomic E-state index is 13.1. The van der Waals surface area contributed by atoms with Crippen molar-refractivity contribution >= 4 is 29.1 Å². The van der Waals surface area contributed by atoms with Gasteiger partial charge in [-0.25, -0.2) is 4.39 Å². The first-order valence-corrected chi connectivity index (χ1v) is 11.4. The third kappa shape index (κ3) is 4.34. The van der Waals surface area contributed by atoms with Crippen LogP contribution in [0.1, 0.15) is 29.7 Å². The van der Waals surface area contributed by atoms with Crippen LogP contribution in [-0.4, -0.2) is 22.1 Å². The predicted octanol–water partition coefficient (Wildman–Crippen LogP) is 5.50. The molecule has 8 heteroatoms. The maximum Gasteiger partial charge on any atom is 0.223 e. The van der Waals surface area contributed by atoms with Crippen molar-refractivity contribution in [2.75, 3.05) is 0 Å². The number of carbonyl (C=O) groups is 1. The average molecular weight is 474 g/mol. The number of hydrogen-bond donors (Lipinski definition) is 2. The van der Waals surface area contributed by atoms with Crippen molar-refractivity contribution in [3.63, 3.8) is 0 Å². The number of hydrogen-bond acceptors (Lipinski definition) is 3. The molecule has 1 amide bonds. The fourth-order valence-corrected chi connectivity index (χ4v) is 5.39. The summed E-state index contributed by atoms with van der Waals surface area (Å²) >= 11 is 13.0. The molecule has 0 bridgehead atoms. The number of aromatic nitrogens is 2. The summed E-state index contributed by atoms with van der Waals surface area (Å²) in [6, 6.07) is 9.21. The van der Waals surface area contributed by atoms with Crippen molar-refractivity contribution in [1.82, 2.24) is 15.5 Å². The van der Waals surface area contributed by atoms with Gasteiger partial charge < -0.3 is 10.1 Å². The normalized spacial score (nSPS) is 22.5. The summed E-state index contributed by atoms with van der Waals surface area (Å²) in [7, 11) is 0. The molecule has 3 aromatic rings. The molecule has 32 heavy (non-hydrogen) atoms. The summed E-state index contributed by atoms with van der Waals surface area (Å²) in [4.78, 5) is 12.7. The van der Waals surface area contributed by atoms with Crippen molar-refractivity contribution in [2.45, 2.75) is 38.1 Å². The van der Waals surface area contributed by atoms with Crippen LogP contribution in [0.25, 0.3) is 0 Å². The van der Waals surface area contributed by atoms with Gasteiger partial charge in [0.05, 0.1) is 6.20 Å². The molecular formula is C24H22Cl2FN3O2. The highest BCUT2D eigenvalue weighted by Crippen LogP contribution is 2.37. The Morgan fingerprint density at radius 2 is 1.88 bits per heavy atom. The predicted molar refractivity (Wildman–Crippen MR) is 121 cm³/mol. The molecule has 2 aromatic carbocycles. The van der Waals surface area contributed by atoms with Gasteiger partial charge >= 0.3 is 0 Å². The molecule has 2 heterocycles. The van der Waals surface area contributed by atoms with Gasteiger partial charge in [-0.05, 0) is 85.5 Å². The molecule has 1 aliphatic carbocycles. The number of fused-ring (bicyclic) bond motifs is 1. The van der Waals surface area contributed by atoms with Crippen molar-refractivity contribution in [3.8, 4) is 11.5 Å². The summed E-state index contributed by atoms with van der Waals surface area (Å²) < 4.78 is 18.8. The minimum atomic E-state index is -0.338. The molecule has 1 aromatic heterocycles. The van der Waals surface area contributed by atoms with E-state index in [0.29, 0.717) is 33.9 Å². The van der Waals surface area contributed by atoms with Crippen LogP contribution in [0.4, 0.5) is 4.39 Å². The summed E-state index contributed by atoms with van der Waals surface area (Å²) in [5.41, 5.74) is 3.20. The number of nitrogens with one attached hydrogen (secondary N) is 2. The monoisotopic (exact) mass is 473 g/mol. The average Bonchev–Trinajstić information content (AvgIpc) is 3.38. The Morgan fingerprint density at radius 3 is 2.62 bits per heavy atom. The second kappa shape index (κ2) is 8.75. The van der Waals surface area contributed by atoms with Gasteiger partial charge in [0.25, 0.3) is 0 Å². The van der Waals surface area contributed by atoms with Crippen LogP contribution < -0.4 is 10.1 Å². The van der Waals surface area contributed by atoms with E-state index in [0.717, 1.165) is 31.2 Å². The Hall–Kier alpha value is -2.57. The summed E-state index contributed by atoms with van der Waals surface area (Å²) in [6.45, 7) is 0. The smallest absolute Gasteiger partial charge is 0.223 e. The standard InChI is InChI=1S/C24H22Cl2FN3O2/c25-20-10-18(32-17-4-2-16(27)3-5-17)11-21(26)19(20)8-14-9-23(29-24(14)31)13-1-6-22-15(7-13)12-28-30-22/h2-5,10-14,23H,1,6-9H2,(H,28,30)(H,29,31)/t13?,14-,23+/m1/s1. The van der Waals surface area contributed by atoms with Crippen LogP contribution in [0.3, 0.4) is 0 Å². The molecule has 166 valence electrons. The Kier molecular flexibility index (Phi) is 5.82. The first kappa shape index (κ1) is 21.3. The Labute approximate surface area is 195 Å². The van der Waals surface area contributed by atoms with E-state index in [9.17, 15) is 9.18 Å². The number of ether oxygens (including phenoxy) is 1. The first-order valence-electron chi connectivity index (χ1n) is 10.7. The first-order chi connectivity index (χ1) is 15.5. The number of aryl methyl sites for hydroxylation is 1. The summed E-state index contributed by atoms with van der Waals surface area (Å²) in [5, 5.41) is 11.3. The Bertz CT molecular complexity index is 1130. The third-order valence-corrected chi connectivity index (χ3v) is 7.15. The van der Waals surface area contributed by atoms with E-state index in [1.807, 2.05) is 6.20 Å². The van der Waals surface area contributed by atoms with E-state index < -0.39 is 0 Å². The van der Waals surface area contributed by atoms with Gasteiger partial charge in [0, 0.05) is 27.7 Å². The van der Waals surface area contributed by atoms with Crippen LogP contribution >= 0.6 is 23.2 Å². The molecule has 5 rings (SSSR count). The second-order valence-corrected chi connectivity index (χ2v) is 9.36. The maximum absolute atomic E-state index is 13.1. The summed E-state index contributed by atoms with van der Waals surface area (Å²) in [5.74, 6) is 0.887. The zero-order valence-corrected chi connectivity index (χ0v) is 18.7. The number of H-pyrrole nitrogens is 1. The highest BCUT2D eigenvalue weighted by Gasteiger charge is 2.38. The molecule has 2 N–H and O–H groups in total. The minimum Gasteiger partial charge on any atom is -0.457 e. The number of carbonyl (C=O) groups excluding carboxylic acids is 1. The highest BCUT2D eigenvalue weighted by molar-refractivity contribution is 6.36. The lowest BCUT2D eigenvalue weighted by Gasteiger charge is -2.27. The van der Waals surface area contributed by atoms with Gasteiger partial charge in [-0.1, -0.05) is 23.2 Å². The SMILES string of the molecule is O=C1N[C@H](C2CCc3[nH]ncc3C2)C[C@H]1Cc1c(Cl)cc(Oc2ccc(F)cc2)cc1Cl. The molecule has 0 saturated carbocycles. The highest BCUT2D eigenvalue weighted by atomic mass is 35.5. The van der Waals surface area contributed by atoms with Crippen LogP contribution in [0, 0.1) is 17.7 Å². The van der Waals surface area contributed by atoms with Crippen LogP contribution in [0.15, 0.2) is 42.6 Å². The molecule has 1 saturated heterocycles. The largest absolute Gasteiger partial charge is 0.457 e.